The van der Waals surface area contributed by atoms with Gasteiger partial charge in [-0.2, -0.15) is 4.98 Å². The summed E-state index contributed by atoms with van der Waals surface area (Å²) in [7, 11) is 1.50. The Morgan fingerprint density at radius 3 is 2.84 bits per heavy atom. The van der Waals surface area contributed by atoms with Gasteiger partial charge in [0.05, 0.1) is 25.5 Å². The van der Waals surface area contributed by atoms with Crippen LogP contribution in [0.15, 0.2) is 53.5 Å². The molecule has 1 aliphatic rings. The third kappa shape index (κ3) is 3.58. The molecule has 2 aromatic heterocycles. The van der Waals surface area contributed by atoms with Crippen LogP contribution in [0.5, 0.6) is 11.5 Å². The van der Waals surface area contributed by atoms with Gasteiger partial charge in [0.1, 0.15) is 22.8 Å². The number of ether oxygens (including phenoxy) is 1. The van der Waals surface area contributed by atoms with Gasteiger partial charge in [-0.25, -0.2) is 18.7 Å². The summed E-state index contributed by atoms with van der Waals surface area (Å²) >= 11 is 0. The van der Waals surface area contributed by atoms with E-state index in [-0.39, 0.29) is 12.3 Å². The number of aromatic hydroxyl groups is 1. The van der Waals surface area contributed by atoms with Crippen LogP contribution < -0.4 is 15.7 Å². The minimum absolute atomic E-state index is 0.0227. The monoisotopic (exact) mass is 421 g/mol. The first-order chi connectivity index (χ1) is 15.0. The van der Waals surface area contributed by atoms with E-state index in [0.29, 0.717) is 40.2 Å². The fraction of sp³-hybridized carbons (Fsp3) is 0.227. The Hall–Kier alpha value is -3.88. The number of rotatable bonds is 6. The molecule has 158 valence electrons. The second-order valence-corrected chi connectivity index (χ2v) is 7.50. The number of halogens is 1. The highest BCUT2D eigenvalue weighted by Crippen LogP contribution is 2.25. The fourth-order valence-corrected chi connectivity index (χ4v) is 3.50. The quantitative estimate of drug-likeness (QED) is 0.497. The number of phenols is 1. The van der Waals surface area contributed by atoms with Crippen LogP contribution in [0.1, 0.15) is 18.4 Å². The minimum Gasteiger partial charge on any atom is -0.508 e. The molecular formula is C22H20FN5O3. The van der Waals surface area contributed by atoms with E-state index in [1.165, 1.54) is 40.5 Å². The molecule has 0 atom stereocenters. The number of hydrogen-bond acceptors (Lipinski definition) is 6. The van der Waals surface area contributed by atoms with E-state index in [0.717, 1.165) is 12.8 Å². The van der Waals surface area contributed by atoms with Crippen LogP contribution in [0.2, 0.25) is 0 Å². The van der Waals surface area contributed by atoms with Crippen LogP contribution in [0, 0.1) is 5.82 Å². The molecule has 1 fully saturated rings. The van der Waals surface area contributed by atoms with Gasteiger partial charge in [-0.3, -0.25) is 4.57 Å². The average Bonchev–Trinajstić information content (AvgIpc) is 3.53. The van der Waals surface area contributed by atoms with E-state index in [4.69, 9.17) is 4.74 Å². The second kappa shape index (κ2) is 7.42. The Morgan fingerprint density at radius 2 is 2.10 bits per heavy atom. The summed E-state index contributed by atoms with van der Waals surface area (Å²) in [4.78, 5) is 22.3. The zero-order valence-electron chi connectivity index (χ0n) is 16.7. The highest BCUT2D eigenvalue weighted by Gasteiger charge is 2.24. The molecule has 0 bridgehead atoms. The fourth-order valence-electron chi connectivity index (χ4n) is 3.50. The van der Waals surface area contributed by atoms with Gasteiger partial charge in [-0.05, 0) is 43.2 Å². The van der Waals surface area contributed by atoms with Gasteiger partial charge < -0.3 is 15.2 Å². The van der Waals surface area contributed by atoms with Crippen LogP contribution >= 0.6 is 0 Å². The van der Waals surface area contributed by atoms with Crippen molar-refractivity contribution in [2.24, 2.45) is 0 Å². The minimum atomic E-state index is -0.445. The summed E-state index contributed by atoms with van der Waals surface area (Å²) in [5.74, 6) is 0.496. The van der Waals surface area contributed by atoms with Crippen LogP contribution in [-0.2, 0) is 6.54 Å². The standard InChI is InChI=1S/C22H20FN5O3/c1-31-17-7-8-18(23)13(9-17)12-27-19-11-24-21(25-14-5-6-14)26-20(19)28(22(27)30)15-3-2-4-16(29)10-15/h2-4,7-11,14,29H,5-6,12H2,1H3,(H,24,25,26). The van der Waals surface area contributed by atoms with Crippen LogP contribution in [0.3, 0.4) is 0 Å². The summed E-state index contributed by atoms with van der Waals surface area (Å²) in [6.45, 7) is -0.0249. The highest BCUT2D eigenvalue weighted by molar-refractivity contribution is 5.74. The Labute approximate surface area is 176 Å². The Kier molecular flexibility index (Phi) is 4.58. The number of benzene rings is 2. The molecule has 0 radical (unpaired) electrons. The molecule has 0 amide bonds. The summed E-state index contributed by atoms with van der Waals surface area (Å²) in [6.07, 6.45) is 3.67. The van der Waals surface area contributed by atoms with E-state index in [2.05, 4.69) is 15.3 Å². The number of nitrogens with one attached hydrogen (secondary N) is 1. The van der Waals surface area contributed by atoms with Crippen molar-refractivity contribution in [1.82, 2.24) is 19.1 Å². The first-order valence-corrected chi connectivity index (χ1v) is 9.90. The Bertz CT molecular complexity index is 1340. The van der Waals surface area contributed by atoms with E-state index < -0.39 is 11.5 Å². The van der Waals surface area contributed by atoms with Crippen molar-refractivity contribution in [2.45, 2.75) is 25.4 Å². The molecule has 1 saturated carbocycles. The molecule has 2 aromatic carbocycles. The number of methoxy groups -OCH3 is 1. The molecule has 0 saturated heterocycles. The third-order valence-electron chi connectivity index (χ3n) is 5.25. The average molecular weight is 421 g/mol. The normalized spacial score (nSPS) is 13.5. The highest BCUT2D eigenvalue weighted by atomic mass is 19.1. The number of aromatic nitrogens is 4. The smallest absolute Gasteiger partial charge is 0.335 e. The number of imidazole rings is 1. The zero-order valence-corrected chi connectivity index (χ0v) is 16.7. The van der Waals surface area contributed by atoms with Crippen molar-refractivity contribution >= 4 is 17.1 Å². The first-order valence-electron chi connectivity index (χ1n) is 9.90. The molecule has 0 unspecified atom stereocenters. The van der Waals surface area contributed by atoms with Gasteiger partial charge in [0.15, 0.2) is 5.65 Å². The third-order valence-corrected chi connectivity index (χ3v) is 5.25. The Balaban J connectivity index is 1.69. The van der Waals surface area contributed by atoms with Gasteiger partial charge in [-0.15, -0.1) is 0 Å². The molecule has 1 aliphatic carbocycles. The van der Waals surface area contributed by atoms with E-state index in [1.807, 2.05) is 0 Å². The van der Waals surface area contributed by atoms with Crippen molar-refractivity contribution in [3.63, 3.8) is 0 Å². The predicted octanol–water partition coefficient (Wildman–Crippen LogP) is 3.06. The van der Waals surface area contributed by atoms with Crippen molar-refractivity contribution in [3.05, 3.63) is 70.5 Å². The Morgan fingerprint density at radius 1 is 1.26 bits per heavy atom. The van der Waals surface area contributed by atoms with Gasteiger partial charge in [-0.1, -0.05) is 6.07 Å². The maximum atomic E-state index is 14.5. The lowest BCUT2D eigenvalue weighted by molar-refractivity contribution is 0.412. The lowest BCUT2D eigenvalue weighted by Gasteiger charge is -2.07. The molecule has 4 aromatic rings. The van der Waals surface area contributed by atoms with E-state index in [1.54, 1.807) is 24.4 Å². The molecule has 0 spiro atoms. The topological polar surface area (TPSA) is 94.2 Å². The molecule has 2 heterocycles. The summed E-state index contributed by atoms with van der Waals surface area (Å²) < 4.78 is 22.5. The molecule has 0 aliphatic heterocycles. The maximum Gasteiger partial charge on any atom is 0.335 e. The predicted molar refractivity (Wildman–Crippen MR) is 113 cm³/mol. The summed E-state index contributed by atoms with van der Waals surface area (Å²) in [6, 6.07) is 11.1. The van der Waals surface area contributed by atoms with Crippen molar-refractivity contribution in [3.8, 4) is 17.2 Å². The number of anilines is 1. The van der Waals surface area contributed by atoms with Crippen LogP contribution in [-0.4, -0.2) is 37.4 Å². The molecule has 2 N–H and O–H groups in total. The van der Waals surface area contributed by atoms with E-state index in [9.17, 15) is 14.3 Å². The maximum absolute atomic E-state index is 14.5. The largest absolute Gasteiger partial charge is 0.508 e. The summed E-state index contributed by atoms with van der Waals surface area (Å²) in [5, 5.41) is 13.2. The van der Waals surface area contributed by atoms with Gasteiger partial charge >= 0.3 is 5.69 Å². The van der Waals surface area contributed by atoms with Gasteiger partial charge in [0.2, 0.25) is 5.95 Å². The molecule has 31 heavy (non-hydrogen) atoms. The number of hydrogen-bond donors (Lipinski definition) is 2. The van der Waals surface area contributed by atoms with Gasteiger partial charge in [0.25, 0.3) is 0 Å². The van der Waals surface area contributed by atoms with Crippen LogP contribution in [0.4, 0.5) is 10.3 Å². The second-order valence-electron chi connectivity index (χ2n) is 7.50. The number of phenolic OH excluding ortho intramolecular Hbond substituents is 1. The summed E-state index contributed by atoms with van der Waals surface area (Å²) in [5.41, 5.74) is 1.17. The zero-order chi connectivity index (χ0) is 21.5. The van der Waals surface area contributed by atoms with Crippen molar-refractivity contribution < 1.29 is 14.2 Å². The number of fused-ring (bicyclic) bond motifs is 1. The lowest BCUT2D eigenvalue weighted by Crippen LogP contribution is -2.24. The molecular weight excluding hydrogens is 401 g/mol. The SMILES string of the molecule is COc1ccc(F)c(Cn2c(=O)n(-c3cccc(O)c3)c3nc(NC4CC4)ncc32)c1. The molecule has 8 nitrogen and oxygen atoms in total. The van der Waals surface area contributed by atoms with E-state index >= 15 is 0 Å². The number of nitrogens with zero attached hydrogens (tertiary/aromatic N) is 4. The van der Waals surface area contributed by atoms with Crippen molar-refractivity contribution in [2.75, 3.05) is 12.4 Å². The van der Waals surface area contributed by atoms with Crippen LogP contribution in [0.25, 0.3) is 16.9 Å². The molecule has 5 rings (SSSR count). The molecule has 9 heteroatoms. The van der Waals surface area contributed by atoms with Crippen molar-refractivity contribution in [1.29, 1.82) is 0 Å². The lowest BCUT2D eigenvalue weighted by atomic mass is 10.2. The van der Waals surface area contributed by atoms with Gasteiger partial charge in [0, 0.05) is 17.7 Å². The first kappa shape index (κ1) is 19.1.